The van der Waals surface area contributed by atoms with Gasteiger partial charge in [0.15, 0.2) is 0 Å². The number of aryl methyl sites for hydroxylation is 2. The Morgan fingerprint density at radius 1 is 1.33 bits per heavy atom. The third kappa shape index (κ3) is 1.62. The zero-order chi connectivity index (χ0) is 12.7. The van der Waals surface area contributed by atoms with Gasteiger partial charge in [-0.05, 0) is 25.5 Å². The number of hydrogen-bond acceptors (Lipinski definition) is 3. The lowest BCUT2D eigenvalue weighted by molar-refractivity contribution is 0.630. The van der Waals surface area contributed by atoms with Crippen LogP contribution in [0.25, 0.3) is 16.2 Å². The van der Waals surface area contributed by atoms with E-state index in [-0.39, 0.29) is 5.82 Å². The van der Waals surface area contributed by atoms with E-state index in [1.807, 2.05) is 13.0 Å². The van der Waals surface area contributed by atoms with E-state index in [0.717, 1.165) is 22.1 Å². The van der Waals surface area contributed by atoms with E-state index < -0.39 is 0 Å². The van der Waals surface area contributed by atoms with Crippen molar-refractivity contribution in [2.45, 2.75) is 20.3 Å². The predicted octanol–water partition coefficient (Wildman–Crippen LogP) is 3.47. The Morgan fingerprint density at radius 2 is 2.11 bits per heavy atom. The minimum Gasteiger partial charge on any atom is -0.217 e. The molecule has 0 aliphatic heterocycles. The molecular formula is C13H12FN3S. The molecule has 0 aliphatic rings. The van der Waals surface area contributed by atoms with Gasteiger partial charge in [-0.2, -0.15) is 5.10 Å². The van der Waals surface area contributed by atoms with Crippen LogP contribution in [0.5, 0.6) is 0 Å². The van der Waals surface area contributed by atoms with Gasteiger partial charge in [0.05, 0.1) is 11.4 Å². The average Bonchev–Trinajstić information content (AvgIpc) is 2.90. The number of nitrogens with zero attached hydrogens (tertiary/aromatic N) is 3. The third-order valence-electron chi connectivity index (χ3n) is 2.90. The Labute approximate surface area is 108 Å². The Bertz CT molecular complexity index is 714. The summed E-state index contributed by atoms with van der Waals surface area (Å²) in [6, 6.07) is 6.69. The molecule has 2 aromatic heterocycles. The molecule has 0 fully saturated rings. The van der Waals surface area contributed by atoms with Gasteiger partial charge in [-0.1, -0.05) is 30.4 Å². The molecule has 3 aromatic rings. The van der Waals surface area contributed by atoms with Crippen molar-refractivity contribution in [2.75, 3.05) is 0 Å². The van der Waals surface area contributed by atoms with E-state index >= 15 is 0 Å². The lowest BCUT2D eigenvalue weighted by Crippen LogP contribution is -1.91. The quantitative estimate of drug-likeness (QED) is 0.707. The first-order valence-corrected chi connectivity index (χ1v) is 6.62. The van der Waals surface area contributed by atoms with Crippen molar-refractivity contribution in [1.82, 2.24) is 14.6 Å². The van der Waals surface area contributed by atoms with Crippen LogP contribution in [0.4, 0.5) is 4.39 Å². The highest BCUT2D eigenvalue weighted by Crippen LogP contribution is 2.28. The summed E-state index contributed by atoms with van der Waals surface area (Å²) < 4.78 is 15.6. The average molecular weight is 261 g/mol. The fourth-order valence-electron chi connectivity index (χ4n) is 1.94. The topological polar surface area (TPSA) is 30.2 Å². The molecule has 0 radical (unpaired) electrons. The maximum absolute atomic E-state index is 13.8. The molecule has 0 bridgehead atoms. The molecule has 18 heavy (non-hydrogen) atoms. The highest BCUT2D eigenvalue weighted by atomic mass is 32.1. The normalized spacial score (nSPS) is 11.3. The first-order valence-electron chi connectivity index (χ1n) is 5.80. The Kier molecular flexibility index (Phi) is 2.63. The van der Waals surface area contributed by atoms with E-state index in [4.69, 9.17) is 0 Å². The molecule has 92 valence electrons. The highest BCUT2D eigenvalue weighted by molar-refractivity contribution is 7.16. The van der Waals surface area contributed by atoms with Crippen LogP contribution in [0.2, 0.25) is 0 Å². The summed E-state index contributed by atoms with van der Waals surface area (Å²) in [7, 11) is 0. The highest BCUT2D eigenvalue weighted by Gasteiger charge is 2.16. The maximum Gasteiger partial charge on any atom is 0.212 e. The first kappa shape index (κ1) is 11.3. The van der Waals surface area contributed by atoms with Crippen molar-refractivity contribution >= 4 is 16.3 Å². The van der Waals surface area contributed by atoms with Gasteiger partial charge in [0, 0.05) is 5.56 Å². The zero-order valence-corrected chi connectivity index (χ0v) is 11.0. The summed E-state index contributed by atoms with van der Waals surface area (Å²) >= 11 is 1.55. The number of aromatic nitrogens is 3. The Balaban J connectivity index is 2.22. The van der Waals surface area contributed by atoms with Crippen LogP contribution < -0.4 is 0 Å². The van der Waals surface area contributed by atoms with Crippen molar-refractivity contribution in [3.8, 4) is 11.3 Å². The van der Waals surface area contributed by atoms with Gasteiger partial charge in [0.1, 0.15) is 10.8 Å². The van der Waals surface area contributed by atoms with Crippen LogP contribution in [0.3, 0.4) is 0 Å². The van der Waals surface area contributed by atoms with Gasteiger partial charge in [-0.3, -0.25) is 0 Å². The molecule has 0 saturated heterocycles. The summed E-state index contributed by atoms with van der Waals surface area (Å²) in [6.07, 6.45) is 0.891. The Hall–Kier alpha value is -1.75. The molecule has 0 atom stereocenters. The summed E-state index contributed by atoms with van der Waals surface area (Å²) in [5.41, 5.74) is 2.09. The number of fused-ring (bicyclic) bond motifs is 1. The van der Waals surface area contributed by atoms with E-state index in [9.17, 15) is 4.39 Å². The van der Waals surface area contributed by atoms with E-state index in [2.05, 4.69) is 17.0 Å². The monoisotopic (exact) mass is 261 g/mol. The molecule has 0 aliphatic carbocycles. The van der Waals surface area contributed by atoms with Crippen molar-refractivity contribution in [3.05, 3.63) is 40.8 Å². The van der Waals surface area contributed by atoms with Gasteiger partial charge in [-0.15, -0.1) is 0 Å². The maximum atomic E-state index is 13.8. The fraction of sp³-hybridized carbons (Fsp3) is 0.231. The van der Waals surface area contributed by atoms with Gasteiger partial charge in [-0.25, -0.2) is 13.9 Å². The second-order valence-corrected chi connectivity index (χ2v) is 5.11. The van der Waals surface area contributed by atoms with Crippen LogP contribution in [-0.2, 0) is 6.42 Å². The van der Waals surface area contributed by atoms with E-state index in [0.29, 0.717) is 11.3 Å². The molecular weight excluding hydrogens is 249 g/mol. The van der Waals surface area contributed by atoms with Crippen LogP contribution in [0.15, 0.2) is 24.3 Å². The third-order valence-corrected chi connectivity index (χ3v) is 3.95. The minimum atomic E-state index is -0.248. The van der Waals surface area contributed by atoms with Crippen molar-refractivity contribution in [2.24, 2.45) is 0 Å². The number of benzene rings is 1. The van der Waals surface area contributed by atoms with Crippen molar-refractivity contribution in [3.63, 3.8) is 0 Å². The predicted molar refractivity (Wildman–Crippen MR) is 70.4 cm³/mol. The van der Waals surface area contributed by atoms with Crippen molar-refractivity contribution in [1.29, 1.82) is 0 Å². The smallest absolute Gasteiger partial charge is 0.212 e. The first-order chi connectivity index (χ1) is 8.70. The van der Waals surface area contributed by atoms with Crippen LogP contribution in [0, 0.1) is 12.7 Å². The standard InChI is InChI=1S/C13H12FN3S/c1-3-11-16-17-8(2)12(15-13(17)18-11)9-6-4-5-7-10(9)14/h4-7H,3H2,1-2H3. The lowest BCUT2D eigenvalue weighted by atomic mass is 10.1. The molecule has 3 nitrogen and oxygen atoms in total. The summed E-state index contributed by atoms with van der Waals surface area (Å²) in [5.74, 6) is -0.248. The zero-order valence-electron chi connectivity index (χ0n) is 10.1. The number of rotatable bonds is 2. The number of hydrogen-bond donors (Lipinski definition) is 0. The molecule has 3 rings (SSSR count). The van der Waals surface area contributed by atoms with Gasteiger partial charge < -0.3 is 0 Å². The summed E-state index contributed by atoms with van der Waals surface area (Å²) in [4.78, 5) is 5.31. The van der Waals surface area contributed by atoms with Gasteiger partial charge in [0.25, 0.3) is 0 Å². The molecule has 0 unspecified atom stereocenters. The molecule has 0 spiro atoms. The van der Waals surface area contributed by atoms with Gasteiger partial charge >= 0.3 is 0 Å². The summed E-state index contributed by atoms with van der Waals surface area (Å²) in [6.45, 7) is 3.98. The second-order valence-electron chi connectivity index (χ2n) is 4.07. The fourth-order valence-corrected chi connectivity index (χ4v) is 2.82. The lowest BCUT2D eigenvalue weighted by Gasteiger charge is -2.00. The molecule has 5 heteroatoms. The van der Waals surface area contributed by atoms with Crippen LogP contribution in [-0.4, -0.2) is 14.6 Å². The molecule has 0 saturated carbocycles. The molecule has 1 aromatic carbocycles. The molecule has 0 N–H and O–H groups in total. The number of halogens is 1. The van der Waals surface area contributed by atoms with Crippen LogP contribution in [0.1, 0.15) is 17.6 Å². The minimum absolute atomic E-state index is 0.248. The molecule has 2 heterocycles. The van der Waals surface area contributed by atoms with Gasteiger partial charge in [0.2, 0.25) is 4.96 Å². The van der Waals surface area contributed by atoms with Crippen molar-refractivity contribution < 1.29 is 4.39 Å². The Morgan fingerprint density at radius 3 is 2.78 bits per heavy atom. The van der Waals surface area contributed by atoms with E-state index in [1.165, 1.54) is 6.07 Å². The SMILES string of the molecule is CCc1nn2c(C)c(-c3ccccc3F)nc2s1. The largest absolute Gasteiger partial charge is 0.217 e. The van der Waals surface area contributed by atoms with E-state index in [1.54, 1.807) is 28.0 Å². The van der Waals surface area contributed by atoms with Crippen LogP contribution >= 0.6 is 11.3 Å². The second kappa shape index (κ2) is 4.17. The number of imidazole rings is 1. The molecule has 0 amide bonds. The summed E-state index contributed by atoms with van der Waals surface area (Å²) in [5, 5.41) is 5.50.